The molecule has 0 fully saturated rings. The first-order valence-electron chi connectivity index (χ1n) is 7.91. The third-order valence-corrected chi connectivity index (χ3v) is 5.52. The predicted molar refractivity (Wildman–Crippen MR) is 99.2 cm³/mol. The summed E-state index contributed by atoms with van der Waals surface area (Å²) in [5.41, 5.74) is 0.485. The van der Waals surface area contributed by atoms with Crippen molar-refractivity contribution >= 4 is 39.1 Å². The molecule has 1 unspecified atom stereocenters. The second-order valence-corrected chi connectivity index (χ2v) is 7.14. The van der Waals surface area contributed by atoms with Gasteiger partial charge in [0.15, 0.2) is 0 Å². The second-order valence-electron chi connectivity index (χ2n) is 5.62. The van der Waals surface area contributed by atoms with Crippen LogP contribution < -0.4 is 5.56 Å². The summed E-state index contributed by atoms with van der Waals surface area (Å²) in [4.78, 5) is 31.0. The van der Waals surface area contributed by atoms with Crippen molar-refractivity contribution in [2.45, 2.75) is 32.9 Å². The Bertz CT molecular complexity index is 980. The SMILES string of the molecule is CCc1cc2c(=O)n(C(C)C(=O)OCc3ccccc3Cl)cnc2s1. The average Bonchev–Trinajstić information content (AvgIpc) is 3.05. The second kappa shape index (κ2) is 7.37. The van der Waals surface area contributed by atoms with E-state index in [2.05, 4.69) is 4.98 Å². The molecule has 130 valence electrons. The Morgan fingerprint density at radius 3 is 2.88 bits per heavy atom. The first kappa shape index (κ1) is 17.6. The highest BCUT2D eigenvalue weighted by Gasteiger charge is 2.20. The van der Waals surface area contributed by atoms with E-state index in [0.717, 1.165) is 16.9 Å². The molecule has 0 amide bonds. The molecule has 0 N–H and O–H groups in total. The van der Waals surface area contributed by atoms with Gasteiger partial charge in [0.1, 0.15) is 17.5 Å². The largest absolute Gasteiger partial charge is 0.459 e. The van der Waals surface area contributed by atoms with E-state index < -0.39 is 12.0 Å². The summed E-state index contributed by atoms with van der Waals surface area (Å²) < 4.78 is 6.62. The number of esters is 1. The van der Waals surface area contributed by atoms with Crippen molar-refractivity contribution in [3.8, 4) is 0 Å². The Morgan fingerprint density at radius 2 is 2.16 bits per heavy atom. The Labute approximate surface area is 153 Å². The number of nitrogens with zero attached hydrogens (tertiary/aromatic N) is 2. The lowest BCUT2D eigenvalue weighted by molar-refractivity contribution is -0.148. The molecule has 1 atom stereocenters. The van der Waals surface area contributed by atoms with Crippen LogP contribution in [0.25, 0.3) is 10.2 Å². The van der Waals surface area contributed by atoms with Gasteiger partial charge in [-0.15, -0.1) is 11.3 Å². The molecular weight excluding hydrogens is 360 g/mol. The van der Waals surface area contributed by atoms with Crippen LogP contribution in [0.4, 0.5) is 0 Å². The van der Waals surface area contributed by atoms with E-state index >= 15 is 0 Å². The van der Waals surface area contributed by atoms with Gasteiger partial charge < -0.3 is 4.74 Å². The lowest BCUT2D eigenvalue weighted by atomic mass is 10.2. The molecule has 5 nitrogen and oxygen atoms in total. The normalized spacial score (nSPS) is 12.3. The Kier molecular flexibility index (Phi) is 5.20. The van der Waals surface area contributed by atoms with Crippen molar-refractivity contribution in [3.63, 3.8) is 0 Å². The summed E-state index contributed by atoms with van der Waals surface area (Å²) >= 11 is 7.55. The van der Waals surface area contributed by atoms with Crippen LogP contribution in [0.3, 0.4) is 0 Å². The van der Waals surface area contributed by atoms with Crippen LogP contribution in [0.15, 0.2) is 41.5 Å². The highest BCUT2D eigenvalue weighted by molar-refractivity contribution is 7.18. The minimum absolute atomic E-state index is 0.0612. The van der Waals surface area contributed by atoms with Crippen LogP contribution in [0.5, 0.6) is 0 Å². The number of aryl methyl sites for hydroxylation is 1. The molecule has 0 radical (unpaired) electrons. The number of aromatic nitrogens is 2. The average molecular weight is 377 g/mol. The smallest absolute Gasteiger partial charge is 0.329 e. The first-order chi connectivity index (χ1) is 12.0. The van der Waals surface area contributed by atoms with Crippen molar-refractivity contribution < 1.29 is 9.53 Å². The maximum Gasteiger partial charge on any atom is 0.329 e. The fraction of sp³-hybridized carbons (Fsp3) is 0.278. The number of benzene rings is 1. The Balaban J connectivity index is 1.80. The number of halogens is 1. The zero-order chi connectivity index (χ0) is 18.0. The molecule has 0 bridgehead atoms. The van der Waals surface area contributed by atoms with Crippen LogP contribution in [-0.4, -0.2) is 15.5 Å². The molecule has 25 heavy (non-hydrogen) atoms. The summed E-state index contributed by atoms with van der Waals surface area (Å²) in [6, 6.07) is 8.23. The predicted octanol–water partition coefficient (Wildman–Crippen LogP) is 3.98. The number of carbonyl (C=O) groups is 1. The molecular formula is C18H17ClN2O3S. The van der Waals surface area contributed by atoms with Crippen molar-refractivity contribution in [1.29, 1.82) is 0 Å². The van der Waals surface area contributed by atoms with Gasteiger partial charge in [0.2, 0.25) is 0 Å². The number of thiophene rings is 1. The molecule has 3 aromatic rings. The number of hydrogen-bond acceptors (Lipinski definition) is 5. The Morgan fingerprint density at radius 1 is 1.40 bits per heavy atom. The van der Waals surface area contributed by atoms with Crippen molar-refractivity contribution in [1.82, 2.24) is 9.55 Å². The Hall–Kier alpha value is -2.18. The minimum Gasteiger partial charge on any atom is -0.459 e. The topological polar surface area (TPSA) is 61.2 Å². The first-order valence-corrected chi connectivity index (χ1v) is 9.10. The molecule has 0 saturated heterocycles. The summed E-state index contributed by atoms with van der Waals surface area (Å²) in [5.74, 6) is -0.505. The third-order valence-electron chi connectivity index (χ3n) is 3.96. The van der Waals surface area contributed by atoms with E-state index in [1.54, 1.807) is 19.1 Å². The molecule has 0 aliphatic rings. The molecule has 2 aromatic heterocycles. The fourth-order valence-electron chi connectivity index (χ4n) is 2.44. The molecule has 0 aliphatic heterocycles. The van der Waals surface area contributed by atoms with Gasteiger partial charge in [-0.05, 0) is 25.5 Å². The molecule has 3 rings (SSSR count). The van der Waals surface area contributed by atoms with Crippen LogP contribution in [0, 0.1) is 0 Å². The minimum atomic E-state index is -0.767. The monoisotopic (exact) mass is 376 g/mol. The number of hydrogen-bond donors (Lipinski definition) is 0. The van der Waals surface area contributed by atoms with E-state index in [1.807, 2.05) is 25.1 Å². The van der Waals surface area contributed by atoms with E-state index in [0.29, 0.717) is 15.2 Å². The fourth-order valence-corrected chi connectivity index (χ4v) is 3.55. The van der Waals surface area contributed by atoms with Crippen LogP contribution in [-0.2, 0) is 22.6 Å². The van der Waals surface area contributed by atoms with Gasteiger partial charge >= 0.3 is 5.97 Å². The maximum atomic E-state index is 12.6. The van der Waals surface area contributed by atoms with Gasteiger partial charge in [-0.3, -0.25) is 9.36 Å². The summed E-state index contributed by atoms with van der Waals surface area (Å²) in [6.07, 6.45) is 2.25. The van der Waals surface area contributed by atoms with Gasteiger partial charge in [-0.2, -0.15) is 0 Å². The number of fused-ring (bicyclic) bond motifs is 1. The van der Waals surface area contributed by atoms with E-state index in [4.69, 9.17) is 16.3 Å². The third kappa shape index (κ3) is 3.60. The number of carbonyl (C=O) groups excluding carboxylic acids is 1. The highest BCUT2D eigenvalue weighted by Crippen LogP contribution is 2.22. The van der Waals surface area contributed by atoms with Crippen molar-refractivity contribution in [2.24, 2.45) is 0 Å². The van der Waals surface area contributed by atoms with Gasteiger partial charge in [0.05, 0.1) is 11.7 Å². The summed E-state index contributed by atoms with van der Waals surface area (Å²) in [7, 11) is 0. The molecule has 1 aromatic carbocycles. The van der Waals surface area contributed by atoms with E-state index in [9.17, 15) is 9.59 Å². The van der Waals surface area contributed by atoms with Crippen molar-refractivity contribution in [3.05, 3.63) is 62.5 Å². The lowest BCUT2D eigenvalue weighted by Crippen LogP contribution is -2.29. The van der Waals surface area contributed by atoms with E-state index in [1.165, 1.54) is 22.2 Å². The van der Waals surface area contributed by atoms with Crippen molar-refractivity contribution in [2.75, 3.05) is 0 Å². The van der Waals surface area contributed by atoms with Gasteiger partial charge in [0, 0.05) is 15.5 Å². The lowest BCUT2D eigenvalue weighted by Gasteiger charge is -2.14. The number of rotatable bonds is 5. The van der Waals surface area contributed by atoms with E-state index in [-0.39, 0.29) is 12.2 Å². The standard InChI is InChI=1S/C18H17ClN2O3S/c1-3-13-8-14-16(25-13)20-10-21(17(14)22)11(2)18(23)24-9-12-6-4-5-7-15(12)19/h4-8,10-11H,3,9H2,1-2H3. The highest BCUT2D eigenvalue weighted by atomic mass is 35.5. The summed E-state index contributed by atoms with van der Waals surface area (Å²) in [5, 5.41) is 1.07. The zero-order valence-electron chi connectivity index (χ0n) is 13.9. The van der Waals surface area contributed by atoms with Crippen LogP contribution in [0.2, 0.25) is 5.02 Å². The van der Waals surface area contributed by atoms with Crippen LogP contribution >= 0.6 is 22.9 Å². The van der Waals surface area contributed by atoms with Gasteiger partial charge in [0.25, 0.3) is 5.56 Å². The quantitative estimate of drug-likeness (QED) is 0.632. The summed E-state index contributed by atoms with van der Waals surface area (Å²) in [6.45, 7) is 3.71. The molecule has 0 saturated carbocycles. The molecule has 0 spiro atoms. The molecule has 0 aliphatic carbocycles. The number of ether oxygens (including phenoxy) is 1. The van der Waals surface area contributed by atoms with Gasteiger partial charge in [-0.1, -0.05) is 36.7 Å². The zero-order valence-corrected chi connectivity index (χ0v) is 15.4. The maximum absolute atomic E-state index is 12.6. The van der Waals surface area contributed by atoms with Crippen LogP contribution in [0.1, 0.15) is 30.3 Å². The molecule has 7 heteroatoms. The molecule has 2 heterocycles. The van der Waals surface area contributed by atoms with Gasteiger partial charge in [-0.25, -0.2) is 9.78 Å².